The van der Waals surface area contributed by atoms with Crippen molar-refractivity contribution in [2.24, 2.45) is 0 Å². The van der Waals surface area contributed by atoms with Gasteiger partial charge in [0.25, 0.3) is 5.91 Å². The van der Waals surface area contributed by atoms with Crippen LogP contribution in [0.4, 0.5) is 0 Å². The summed E-state index contributed by atoms with van der Waals surface area (Å²) in [5.74, 6) is 1.75. The predicted molar refractivity (Wildman–Crippen MR) is 114 cm³/mol. The molecule has 150 valence electrons. The summed E-state index contributed by atoms with van der Waals surface area (Å²) in [4.78, 5) is 12.7. The summed E-state index contributed by atoms with van der Waals surface area (Å²) in [6.45, 7) is 7.28. The first-order chi connectivity index (χ1) is 13.9. The van der Waals surface area contributed by atoms with Crippen molar-refractivity contribution in [2.75, 3.05) is 10.8 Å². The van der Waals surface area contributed by atoms with Gasteiger partial charge in [0.15, 0.2) is 5.82 Å². The fraction of sp³-hybridized carbons (Fsp3) is 0.318. The topological polar surface area (TPSA) is 60.3 Å². The molecular weight excluding hydrogens is 384 g/mol. The SMILES string of the molecule is CC(C)(C)c1ccc(CN2C(=O)CSc3nnc(COc4ccccc4)n32)cc1. The highest BCUT2D eigenvalue weighted by Crippen LogP contribution is 2.26. The van der Waals surface area contributed by atoms with E-state index in [0.29, 0.717) is 23.3 Å². The Labute approximate surface area is 174 Å². The van der Waals surface area contributed by atoms with E-state index in [1.54, 1.807) is 9.69 Å². The number of ether oxygens (including phenoxy) is 1. The van der Waals surface area contributed by atoms with Gasteiger partial charge in [0.1, 0.15) is 12.4 Å². The van der Waals surface area contributed by atoms with Crippen molar-refractivity contribution in [2.45, 2.75) is 44.5 Å². The van der Waals surface area contributed by atoms with Crippen molar-refractivity contribution >= 4 is 17.7 Å². The second kappa shape index (κ2) is 7.91. The highest BCUT2D eigenvalue weighted by atomic mass is 32.2. The smallest absolute Gasteiger partial charge is 0.252 e. The number of carbonyl (C=O) groups excluding carboxylic acids is 1. The molecule has 1 amide bonds. The molecule has 0 N–H and O–H groups in total. The van der Waals surface area contributed by atoms with Gasteiger partial charge in [-0.05, 0) is 28.7 Å². The van der Waals surface area contributed by atoms with Crippen LogP contribution in [-0.2, 0) is 23.4 Å². The second-order valence-corrected chi connectivity index (χ2v) is 8.94. The van der Waals surface area contributed by atoms with E-state index in [-0.39, 0.29) is 17.9 Å². The molecule has 2 heterocycles. The maximum absolute atomic E-state index is 12.7. The lowest BCUT2D eigenvalue weighted by molar-refractivity contribution is -0.118. The van der Waals surface area contributed by atoms with Crippen LogP contribution in [0.25, 0.3) is 0 Å². The molecule has 0 saturated carbocycles. The standard InChI is InChI=1S/C22H24N4O2S/c1-22(2,3)17-11-9-16(10-12-17)13-25-20(27)15-29-21-24-23-19(26(21)25)14-28-18-7-5-4-6-8-18/h4-12H,13-15H2,1-3H3. The summed E-state index contributed by atoms with van der Waals surface area (Å²) in [6, 6.07) is 18.0. The number of nitrogens with zero attached hydrogens (tertiary/aromatic N) is 4. The number of hydrogen-bond acceptors (Lipinski definition) is 5. The molecule has 0 unspecified atom stereocenters. The Morgan fingerprint density at radius 1 is 1.03 bits per heavy atom. The first-order valence-corrected chi connectivity index (χ1v) is 10.6. The van der Waals surface area contributed by atoms with E-state index in [2.05, 4.69) is 55.2 Å². The van der Waals surface area contributed by atoms with Crippen molar-refractivity contribution in [3.63, 3.8) is 0 Å². The Morgan fingerprint density at radius 3 is 2.45 bits per heavy atom. The minimum atomic E-state index is 0.0307. The summed E-state index contributed by atoms with van der Waals surface area (Å²) < 4.78 is 7.62. The van der Waals surface area contributed by atoms with Crippen molar-refractivity contribution in [3.05, 3.63) is 71.5 Å². The quantitative estimate of drug-likeness (QED) is 0.640. The third-order valence-electron chi connectivity index (χ3n) is 4.79. The average molecular weight is 409 g/mol. The molecule has 1 aliphatic heterocycles. The fourth-order valence-corrected chi connectivity index (χ4v) is 3.96. The van der Waals surface area contributed by atoms with E-state index in [0.717, 1.165) is 11.3 Å². The van der Waals surface area contributed by atoms with Gasteiger partial charge in [-0.25, -0.2) is 9.69 Å². The number of para-hydroxylation sites is 1. The van der Waals surface area contributed by atoms with Crippen LogP contribution < -0.4 is 9.75 Å². The number of aromatic nitrogens is 3. The molecule has 0 radical (unpaired) electrons. The van der Waals surface area contributed by atoms with Crippen LogP contribution in [0.1, 0.15) is 37.7 Å². The number of fused-ring (bicyclic) bond motifs is 1. The molecule has 0 fully saturated rings. The van der Waals surface area contributed by atoms with Crippen LogP contribution >= 0.6 is 11.8 Å². The number of hydrogen-bond donors (Lipinski definition) is 0. The van der Waals surface area contributed by atoms with Crippen molar-refractivity contribution in [1.29, 1.82) is 0 Å². The molecule has 4 rings (SSSR count). The third kappa shape index (κ3) is 4.29. The van der Waals surface area contributed by atoms with Crippen LogP contribution in [-0.4, -0.2) is 26.5 Å². The lowest BCUT2D eigenvalue weighted by Gasteiger charge is -2.29. The van der Waals surface area contributed by atoms with Crippen molar-refractivity contribution < 1.29 is 9.53 Å². The molecular formula is C22H24N4O2S. The summed E-state index contributed by atoms with van der Waals surface area (Å²) in [7, 11) is 0. The van der Waals surface area contributed by atoms with E-state index in [9.17, 15) is 4.79 Å². The Kier molecular flexibility index (Phi) is 5.32. The largest absolute Gasteiger partial charge is 0.486 e. The Balaban J connectivity index is 1.56. The minimum Gasteiger partial charge on any atom is -0.486 e. The molecule has 0 spiro atoms. The minimum absolute atomic E-state index is 0.0307. The average Bonchev–Trinajstić information content (AvgIpc) is 3.12. The number of amides is 1. The van der Waals surface area contributed by atoms with Crippen LogP contribution in [0.3, 0.4) is 0 Å². The normalized spacial score (nSPS) is 14.0. The van der Waals surface area contributed by atoms with Crippen molar-refractivity contribution in [3.8, 4) is 5.75 Å². The van der Waals surface area contributed by atoms with Crippen LogP contribution in [0, 0.1) is 0 Å². The highest BCUT2D eigenvalue weighted by molar-refractivity contribution is 7.99. The second-order valence-electron chi connectivity index (χ2n) is 8.00. The van der Waals surface area contributed by atoms with Gasteiger partial charge >= 0.3 is 0 Å². The van der Waals surface area contributed by atoms with Gasteiger partial charge in [-0.15, -0.1) is 10.2 Å². The van der Waals surface area contributed by atoms with E-state index in [1.165, 1.54) is 17.3 Å². The molecule has 0 aliphatic carbocycles. The third-order valence-corrected chi connectivity index (χ3v) is 5.70. The summed E-state index contributed by atoms with van der Waals surface area (Å²) in [5.41, 5.74) is 2.43. The number of rotatable bonds is 5. The van der Waals surface area contributed by atoms with E-state index in [4.69, 9.17) is 4.74 Å². The Bertz CT molecular complexity index is 994. The molecule has 1 aliphatic rings. The zero-order valence-electron chi connectivity index (χ0n) is 16.8. The lowest BCUT2D eigenvalue weighted by Crippen LogP contribution is -2.45. The highest BCUT2D eigenvalue weighted by Gasteiger charge is 2.29. The lowest BCUT2D eigenvalue weighted by atomic mass is 9.87. The van der Waals surface area contributed by atoms with Gasteiger partial charge in [0.2, 0.25) is 5.16 Å². The molecule has 3 aromatic rings. The summed E-state index contributed by atoms with van der Waals surface area (Å²) >= 11 is 1.40. The molecule has 6 nitrogen and oxygen atoms in total. The van der Waals surface area contributed by atoms with Gasteiger partial charge in [0, 0.05) is 0 Å². The summed E-state index contributed by atoms with van der Waals surface area (Å²) in [5, 5.41) is 10.9. The predicted octanol–water partition coefficient (Wildman–Crippen LogP) is 3.93. The molecule has 0 atom stereocenters. The Hall–Kier alpha value is -2.80. The summed E-state index contributed by atoms with van der Waals surface area (Å²) in [6.07, 6.45) is 0. The van der Waals surface area contributed by atoms with Gasteiger partial charge in [-0.1, -0.05) is 75.0 Å². The van der Waals surface area contributed by atoms with Gasteiger partial charge in [-0.2, -0.15) is 0 Å². The number of thioether (sulfide) groups is 1. The molecule has 0 saturated heterocycles. The van der Waals surface area contributed by atoms with Crippen LogP contribution in [0.15, 0.2) is 59.8 Å². The molecule has 0 bridgehead atoms. The molecule has 29 heavy (non-hydrogen) atoms. The van der Waals surface area contributed by atoms with Gasteiger partial charge in [-0.3, -0.25) is 4.79 Å². The maximum Gasteiger partial charge on any atom is 0.252 e. The first kappa shape index (κ1) is 19.5. The zero-order chi connectivity index (χ0) is 20.4. The monoisotopic (exact) mass is 408 g/mol. The molecule has 1 aromatic heterocycles. The van der Waals surface area contributed by atoms with Gasteiger partial charge in [0.05, 0.1) is 12.3 Å². The zero-order valence-corrected chi connectivity index (χ0v) is 17.6. The van der Waals surface area contributed by atoms with E-state index in [1.807, 2.05) is 30.3 Å². The number of benzene rings is 2. The molecule has 7 heteroatoms. The van der Waals surface area contributed by atoms with Crippen LogP contribution in [0.5, 0.6) is 5.75 Å². The van der Waals surface area contributed by atoms with E-state index >= 15 is 0 Å². The Morgan fingerprint density at radius 2 is 1.76 bits per heavy atom. The fourth-order valence-electron chi connectivity index (χ4n) is 3.14. The van der Waals surface area contributed by atoms with E-state index < -0.39 is 0 Å². The number of carbonyl (C=O) groups is 1. The van der Waals surface area contributed by atoms with Crippen molar-refractivity contribution in [1.82, 2.24) is 14.9 Å². The van der Waals surface area contributed by atoms with Crippen LogP contribution in [0.2, 0.25) is 0 Å². The maximum atomic E-state index is 12.7. The van der Waals surface area contributed by atoms with Gasteiger partial charge < -0.3 is 4.74 Å². The molecule has 2 aromatic carbocycles. The first-order valence-electron chi connectivity index (χ1n) is 9.57.